The molecule has 1 aliphatic heterocycles. The van der Waals surface area contributed by atoms with Gasteiger partial charge in [-0.25, -0.2) is 13.2 Å². The Morgan fingerprint density at radius 3 is 2.37 bits per heavy atom. The molecule has 9 nitrogen and oxygen atoms in total. The van der Waals surface area contributed by atoms with Crippen LogP contribution in [0.1, 0.15) is 12.5 Å². The molecule has 1 N–H and O–H groups in total. The van der Waals surface area contributed by atoms with Crippen LogP contribution in [-0.2, 0) is 23.4 Å². The molecule has 0 aliphatic carbocycles. The zero-order chi connectivity index (χ0) is 28.0. The summed E-state index contributed by atoms with van der Waals surface area (Å²) in [6.45, 7) is 2.52. The number of piperazine rings is 1. The van der Waals surface area contributed by atoms with Crippen LogP contribution in [0.2, 0.25) is 10.0 Å². The second-order valence-electron chi connectivity index (χ2n) is 8.61. The van der Waals surface area contributed by atoms with Crippen LogP contribution in [0.15, 0.2) is 38.8 Å². The molecule has 0 atom stereocenters. The van der Waals surface area contributed by atoms with Gasteiger partial charge in [0.25, 0.3) is 5.56 Å². The number of nitrogens with one attached hydrogen (secondary N) is 1. The van der Waals surface area contributed by atoms with E-state index in [0.717, 1.165) is 15.2 Å². The zero-order valence-electron chi connectivity index (χ0n) is 20.2. The van der Waals surface area contributed by atoms with Crippen molar-refractivity contribution in [2.45, 2.75) is 24.7 Å². The lowest BCUT2D eigenvalue weighted by atomic mass is 10.1. The van der Waals surface area contributed by atoms with Crippen molar-refractivity contribution in [1.82, 2.24) is 14.5 Å². The number of alkyl halides is 3. The Labute approximate surface area is 225 Å². The lowest BCUT2D eigenvalue weighted by molar-refractivity contribution is -0.274. The summed E-state index contributed by atoms with van der Waals surface area (Å²) < 4.78 is 71.3. The smallest absolute Gasteiger partial charge is 0.403 e. The maximum atomic E-state index is 13.5. The average molecular weight is 595 g/mol. The second kappa shape index (κ2) is 10.4. The van der Waals surface area contributed by atoms with Crippen molar-refractivity contribution in [3.8, 4) is 5.75 Å². The number of aryl methyl sites for hydroxylation is 1. The monoisotopic (exact) mass is 594 g/mol. The Morgan fingerprint density at radius 2 is 1.76 bits per heavy atom. The Morgan fingerprint density at radius 1 is 1.11 bits per heavy atom. The lowest BCUT2D eigenvalue weighted by Crippen LogP contribution is -2.44. The largest absolute Gasteiger partial charge is 0.573 e. The molecule has 0 unspecified atom stereocenters. The molecule has 1 saturated heterocycles. The van der Waals surface area contributed by atoms with E-state index in [9.17, 15) is 31.2 Å². The summed E-state index contributed by atoms with van der Waals surface area (Å²) >= 11 is 12.6. The van der Waals surface area contributed by atoms with Crippen LogP contribution in [0.25, 0.3) is 10.9 Å². The Kier molecular flexibility index (Phi) is 7.77. The summed E-state index contributed by atoms with van der Waals surface area (Å²) in [6, 6.07) is 4.87. The maximum Gasteiger partial charge on any atom is 0.573 e. The highest BCUT2D eigenvalue weighted by molar-refractivity contribution is 7.91. The normalized spacial score (nSPS) is 14.8. The van der Waals surface area contributed by atoms with Gasteiger partial charge >= 0.3 is 12.1 Å². The van der Waals surface area contributed by atoms with Crippen molar-refractivity contribution >= 4 is 49.6 Å². The van der Waals surface area contributed by atoms with Gasteiger partial charge in [0.2, 0.25) is 0 Å². The lowest BCUT2D eigenvalue weighted by Gasteiger charge is -2.32. The molecule has 2 aromatic carbocycles. The minimum Gasteiger partial charge on any atom is -0.403 e. The highest BCUT2D eigenvalue weighted by Gasteiger charge is 2.35. The minimum absolute atomic E-state index is 0.0755. The van der Waals surface area contributed by atoms with Gasteiger partial charge in [-0.15, -0.1) is 13.2 Å². The summed E-state index contributed by atoms with van der Waals surface area (Å²) in [5, 5.41) is 2.70. The van der Waals surface area contributed by atoms with Crippen molar-refractivity contribution in [2.24, 2.45) is 7.05 Å². The first kappa shape index (κ1) is 28.3. The van der Waals surface area contributed by atoms with E-state index in [1.54, 1.807) is 4.90 Å². The summed E-state index contributed by atoms with van der Waals surface area (Å²) in [7, 11) is -2.44. The Balaban J connectivity index is 1.99. The molecule has 1 fully saturated rings. The summed E-state index contributed by atoms with van der Waals surface area (Å²) in [5.41, 5.74) is -1.90. The first-order valence-electron chi connectivity index (χ1n) is 11.4. The van der Waals surface area contributed by atoms with Crippen LogP contribution >= 0.6 is 23.2 Å². The number of aromatic nitrogens is 2. The van der Waals surface area contributed by atoms with Gasteiger partial charge in [-0.05, 0) is 29.8 Å². The van der Waals surface area contributed by atoms with Crippen molar-refractivity contribution in [1.29, 1.82) is 0 Å². The standard InChI is InChI=1S/C23H23Cl2F3N4O5S/c1-3-38(35,36)17-5-4-14(24)10-13(17)12-32-21(33)15-11-16(37-23(26,27)28)20(31-8-6-29-7-9-31)18(25)19(15)30(2)22(32)34/h4-5,10-11,29H,3,6-9,12H2,1-2H3. The van der Waals surface area contributed by atoms with Gasteiger partial charge < -0.3 is 15.0 Å². The number of hydrogen-bond donors (Lipinski definition) is 1. The van der Waals surface area contributed by atoms with Crippen molar-refractivity contribution in [2.75, 3.05) is 36.8 Å². The third-order valence-corrected chi connectivity index (χ3v) is 8.66. The molecule has 2 heterocycles. The van der Waals surface area contributed by atoms with Crippen LogP contribution < -0.4 is 26.2 Å². The van der Waals surface area contributed by atoms with Gasteiger partial charge in [0.1, 0.15) is 5.69 Å². The predicted octanol–water partition coefficient (Wildman–Crippen LogP) is 3.16. The number of anilines is 1. The van der Waals surface area contributed by atoms with E-state index < -0.39 is 39.7 Å². The molecular weight excluding hydrogens is 572 g/mol. The quantitative estimate of drug-likeness (QED) is 0.467. The molecule has 0 saturated carbocycles. The molecule has 0 amide bonds. The fourth-order valence-corrected chi connectivity index (χ4v) is 6.18. The number of sulfone groups is 1. The third kappa shape index (κ3) is 5.37. The summed E-state index contributed by atoms with van der Waals surface area (Å²) in [6.07, 6.45) is -5.08. The van der Waals surface area contributed by atoms with Gasteiger partial charge in [0.15, 0.2) is 15.6 Å². The molecule has 1 aliphatic rings. The number of ether oxygens (including phenoxy) is 1. The molecule has 38 heavy (non-hydrogen) atoms. The Bertz CT molecular complexity index is 1630. The van der Waals surface area contributed by atoms with Crippen LogP contribution in [0.3, 0.4) is 0 Å². The van der Waals surface area contributed by atoms with Crippen molar-refractivity contribution in [3.63, 3.8) is 0 Å². The topological polar surface area (TPSA) is 103 Å². The first-order chi connectivity index (χ1) is 17.7. The number of benzene rings is 2. The number of fused-ring (bicyclic) bond motifs is 1. The number of nitrogens with zero attached hydrogens (tertiary/aromatic N) is 3. The SMILES string of the molecule is CCS(=O)(=O)c1ccc(Cl)cc1Cn1c(=O)c2cc(OC(F)(F)F)c(N3CCNCC3)c(Cl)c2n(C)c1=O. The van der Waals surface area contributed by atoms with E-state index in [0.29, 0.717) is 26.2 Å². The van der Waals surface area contributed by atoms with Crippen LogP contribution in [-0.4, -0.2) is 55.8 Å². The zero-order valence-corrected chi connectivity index (χ0v) is 22.6. The second-order valence-corrected chi connectivity index (χ2v) is 11.7. The maximum absolute atomic E-state index is 13.5. The van der Waals surface area contributed by atoms with Gasteiger partial charge in [0.05, 0.1) is 33.1 Å². The predicted molar refractivity (Wildman–Crippen MR) is 139 cm³/mol. The molecule has 0 bridgehead atoms. The highest BCUT2D eigenvalue weighted by Crippen LogP contribution is 2.42. The van der Waals surface area contributed by atoms with Crippen LogP contribution in [0.5, 0.6) is 5.75 Å². The number of halogens is 5. The molecular formula is C23H23Cl2F3N4O5S. The van der Waals surface area contributed by atoms with E-state index in [2.05, 4.69) is 10.1 Å². The Hall–Kier alpha value is -2.74. The molecule has 206 valence electrons. The first-order valence-corrected chi connectivity index (χ1v) is 13.8. The summed E-state index contributed by atoms with van der Waals surface area (Å²) in [5.74, 6) is -0.925. The molecule has 0 radical (unpaired) electrons. The van der Waals surface area contributed by atoms with Crippen molar-refractivity contribution in [3.05, 3.63) is 60.7 Å². The van der Waals surface area contributed by atoms with Gasteiger partial charge in [0, 0.05) is 38.2 Å². The molecule has 3 aromatic rings. The fraction of sp³-hybridized carbons (Fsp3) is 0.391. The van der Waals surface area contributed by atoms with Gasteiger partial charge in [-0.3, -0.25) is 13.9 Å². The summed E-state index contributed by atoms with van der Waals surface area (Å²) in [4.78, 5) is 28.3. The fourth-order valence-electron chi connectivity index (χ4n) is 4.43. The molecule has 1 aromatic heterocycles. The molecule has 0 spiro atoms. The van der Waals surface area contributed by atoms with E-state index >= 15 is 0 Å². The van der Waals surface area contributed by atoms with E-state index in [-0.39, 0.29) is 42.8 Å². The number of rotatable bonds is 6. The molecule has 15 heteroatoms. The van der Waals surface area contributed by atoms with E-state index in [1.807, 2.05) is 0 Å². The van der Waals surface area contributed by atoms with Gasteiger partial charge in [-0.1, -0.05) is 30.1 Å². The van der Waals surface area contributed by atoms with Gasteiger partial charge in [-0.2, -0.15) is 0 Å². The third-order valence-electron chi connectivity index (χ3n) is 6.23. The van der Waals surface area contributed by atoms with Crippen LogP contribution in [0.4, 0.5) is 18.9 Å². The average Bonchev–Trinajstić information content (AvgIpc) is 2.84. The van der Waals surface area contributed by atoms with E-state index in [1.165, 1.54) is 32.2 Å². The van der Waals surface area contributed by atoms with Crippen molar-refractivity contribution < 1.29 is 26.3 Å². The minimum atomic E-state index is -5.08. The number of hydrogen-bond acceptors (Lipinski definition) is 7. The van der Waals surface area contributed by atoms with Crippen LogP contribution in [0, 0.1) is 0 Å². The van der Waals surface area contributed by atoms with E-state index in [4.69, 9.17) is 23.2 Å². The molecule has 4 rings (SSSR count). The highest BCUT2D eigenvalue weighted by atomic mass is 35.5.